The van der Waals surface area contributed by atoms with Crippen molar-refractivity contribution in [3.63, 3.8) is 0 Å². The van der Waals surface area contributed by atoms with Gasteiger partial charge in [0.1, 0.15) is 5.75 Å². The van der Waals surface area contributed by atoms with E-state index in [-0.39, 0.29) is 11.8 Å². The quantitative estimate of drug-likeness (QED) is 0.449. The summed E-state index contributed by atoms with van der Waals surface area (Å²) in [5.74, 6) is 0.587. The Bertz CT molecular complexity index is 1040. The summed E-state index contributed by atoms with van der Waals surface area (Å²) >= 11 is 3.46. The molecule has 6 heteroatoms. The second kappa shape index (κ2) is 10.1. The van der Waals surface area contributed by atoms with Gasteiger partial charge in [0.15, 0.2) is 0 Å². The normalized spacial score (nSPS) is 10.5. The van der Waals surface area contributed by atoms with E-state index in [1.165, 1.54) is 0 Å². The van der Waals surface area contributed by atoms with Crippen molar-refractivity contribution in [2.45, 2.75) is 13.8 Å². The molecular formula is C24H23BrN2O3. The maximum atomic E-state index is 12.6. The van der Waals surface area contributed by atoms with Gasteiger partial charge in [-0.1, -0.05) is 38.1 Å². The first kappa shape index (κ1) is 21.6. The van der Waals surface area contributed by atoms with Gasteiger partial charge < -0.3 is 15.4 Å². The Hall–Kier alpha value is -3.12. The molecule has 0 unspecified atom stereocenters. The molecule has 0 bridgehead atoms. The second-order valence-electron chi connectivity index (χ2n) is 7.21. The Morgan fingerprint density at radius 1 is 0.833 bits per heavy atom. The number of carbonyl (C=O) groups excluding carboxylic acids is 2. The molecule has 0 saturated heterocycles. The molecule has 0 heterocycles. The van der Waals surface area contributed by atoms with Crippen LogP contribution in [0.25, 0.3) is 0 Å². The number of hydrogen-bond donors (Lipinski definition) is 2. The molecule has 0 saturated carbocycles. The minimum absolute atomic E-state index is 0.244. The van der Waals surface area contributed by atoms with Crippen molar-refractivity contribution in [3.05, 3.63) is 88.4 Å². The number of para-hydroxylation sites is 1. The fraction of sp³-hybridized carbons (Fsp3) is 0.167. The highest BCUT2D eigenvalue weighted by atomic mass is 79.9. The zero-order valence-corrected chi connectivity index (χ0v) is 18.4. The Balaban J connectivity index is 1.67. The summed E-state index contributed by atoms with van der Waals surface area (Å²) in [4.78, 5) is 25.1. The molecule has 0 atom stereocenters. The molecule has 3 aromatic rings. The minimum atomic E-state index is -0.272. The Kier molecular flexibility index (Phi) is 7.25. The van der Waals surface area contributed by atoms with Crippen LogP contribution in [-0.4, -0.2) is 18.4 Å². The van der Waals surface area contributed by atoms with Crippen LogP contribution in [0.3, 0.4) is 0 Å². The summed E-state index contributed by atoms with van der Waals surface area (Å²) in [5, 5.41) is 5.67. The van der Waals surface area contributed by atoms with E-state index >= 15 is 0 Å². The lowest BCUT2D eigenvalue weighted by atomic mass is 10.1. The summed E-state index contributed by atoms with van der Waals surface area (Å²) in [6.07, 6.45) is 0. The highest BCUT2D eigenvalue weighted by molar-refractivity contribution is 9.10. The fourth-order valence-corrected chi connectivity index (χ4v) is 3.18. The van der Waals surface area contributed by atoms with Crippen molar-refractivity contribution in [1.29, 1.82) is 0 Å². The van der Waals surface area contributed by atoms with E-state index < -0.39 is 0 Å². The topological polar surface area (TPSA) is 67.4 Å². The van der Waals surface area contributed by atoms with E-state index in [4.69, 9.17) is 4.74 Å². The maximum absolute atomic E-state index is 12.6. The number of hydrogen-bond acceptors (Lipinski definition) is 3. The largest absolute Gasteiger partial charge is 0.492 e. The van der Waals surface area contributed by atoms with Crippen LogP contribution < -0.4 is 15.4 Å². The highest BCUT2D eigenvalue weighted by Crippen LogP contribution is 2.27. The smallest absolute Gasteiger partial charge is 0.255 e. The maximum Gasteiger partial charge on any atom is 0.255 e. The van der Waals surface area contributed by atoms with E-state index in [1.807, 2.05) is 30.3 Å². The lowest BCUT2D eigenvalue weighted by molar-refractivity contribution is 0.101. The van der Waals surface area contributed by atoms with Gasteiger partial charge in [-0.2, -0.15) is 0 Å². The zero-order valence-electron chi connectivity index (χ0n) is 16.8. The van der Waals surface area contributed by atoms with Crippen LogP contribution in [0.5, 0.6) is 5.75 Å². The summed E-state index contributed by atoms with van der Waals surface area (Å²) in [6, 6.07) is 21.2. The molecule has 0 radical (unpaired) electrons. The van der Waals surface area contributed by atoms with Crippen molar-refractivity contribution in [3.8, 4) is 5.75 Å². The van der Waals surface area contributed by atoms with E-state index in [2.05, 4.69) is 40.4 Å². The summed E-state index contributed by atoms with van der Waals surface area (Å²) in [6.45, 7) is 4.75. The van der Waals surface area contributed by atoms with Crippen LogP contribution in [0.4, 0.5) is 11.4 Å². The molecule has 154 valence electrons. The average Bonchev–Trinajstić information content (AvgIpc) is 2.73. The van der Waals surface area contributed by atoms with Gasteiger partial charge in [-0.3, -0.25) is 9.59 Å². The molecule has 0 spiro atoms. The predicted octanol–water partition coefficient (Wildman–Crippen LogP) is 5.99. The molecule has 0 aliphatic heterocycles. The lowest BCUT2D eigenvalue weighted by Crippen LogP contribution is -2.15. The Morgan fingerprint density at radius 2 is 1.47 bits per heavy atom. The van der Waals surface area contributed by atoms with Crippen LogP contribution >= 0.6 is 15.9 Å². The number of ether oxygens (including phenoxy) is 1. The van der Waals surface area contributed by atoms with Crippen LogP contribution in [-0.2, 0) is 0 Å². The summed E-state index contributed by atoms with van der Waals surface area (Å²) in [5.41, 5.74) is 2.19. The minimum Gasteiger partial charge on any atom is -0.492 e. The first-order chi connectivity index (χ1) is 14.4. The fourth-order valence-electron chi connectivity index (χ4n) is 2.68. The summed E-state index contributed by atoms with van der Waals surface area (Å²) < 4.78 is 6.43. The molecular weight excluding hydrogens is 444 g/mol. The number of amides is 2. The number of rotatable bonds is 7. The standard InChI is InChI=1S/C24H23BrN2O3/c1-16(2)15-30-22-12-11-18(14-21(22)25)24(29)27-20-10-6-7-17(13-20)23(28)26-19-8-4-3-5-9-19/h3-14,16H,15H2,1-2H3,(H,26,28)(H,27,29). The van der Waals surface area contributed by atoms with Gasteiger partial charge in [0.2, 0.25) is 0 Å². The number of nitrogens with one attached hydrogen (secondary N) is 2. The molecule has 2 amide bonds. The zero-order chi connectivity index (χ0) is 21.5. The van der Waals surface area contributed by atoms with Gasteiger partial charge in [0.25, 0.3) is 11.8 Å². The number of carbonyl (C=O) groups is 2. The number of halogens is 1. The lowest BCUT2D eigenvalue weighted by Gasteiger charge is -2.12. The van der Waals surface area contributed by atoms with Crippen molar-refractivity contribution >= 4 is 39.1 Å². The third-order valence-corrected chi connectivity index (χ3v) is 4.80. The van der Waals surface area contributed by atoms with E-state index in [0.29, 0.717) is 45.2 Å². The molecule has 3 rings (SSSR count). The second-order valence-corrected chi connectivity index (χ2v) is 8.06. The van der Waals surface area contributed by atoms with Gasteiger partial charge in [-0.25, -0.2) is 0 Å². The summed E-state index contributed by atoms with van der Waals surface area (Å²) in [7, 11) is 0. The first-order valence-electron chi connectivity index (χ1n) is 9.62. The molecule has 30 heavy (non-hydrogen) atoms. The molecule has 2 N–H and O–H groups in total. The molecule has 3 aromatic carbocycles. The van der Waals surface area contributed by atoms with Gasteiger partial charge in [0.05, 0.1) is 11.1 Å². The number of benzene rings is 3. The van der Waals surface area contributed by atoms with E-state index in [9.17, 15) is 9.59 Å². The van der Waals surface area contributed by atoms with Gasteiger partial charge in [-0.15, -0.1) is 0 Å². The third kappa shape index (κ3) is 5.94. The first-order valence-corrected chi connectivity index (χ1v) is 10.4. The molecule has 0 aliphatic rings. The molecule has 0 aliphatic carbocycles. The predicted molar refractivity (Wildman–Crippen MR) is 123 cm³/mol. The number of anilines is 2. The van der Waals surface area contributed by atoms with Crippen LogP contribution in [0.1, 0.15) is 34.6 Å². The van der Waals surface area contributed by atoms with Crippen LogP contribution in [0.15, 0.2) is 77.3 Å². The average molecular weight is 467 g/mol. The van der Waals surface area contributed by atoms with Crippen molar-refractivity contribution < 1.29 is 14.3 Å². The monoisotopic (exact) mass is 466 g/mol. The third-order valence-electron chi connectivity index (χ3n) is 4.18. The highest BCUT2D eigenvalue weighted by Gasteiger charge is 2.12. The molecule has 0 aromatic heterocycles. The van der Waals surface area contributed by atoms with Crippen molar-refractivity contribution in [2.75, 3.05) is 17.2 Å². The molecule has 5 nitrogen and oxygen atoms in total. The van der Waals surface area contributed by atoms with Crippen LogP contribution in [0.2, 0.25) is 0 Å². The van der Waals surface area contributed by atoms with Gasteiger partial charge in [0, 0.05) is 22.5 Å². The van der Waals surface area contributed by atoms with Crippen molar-refractivity contribution in [2.24, 2.45) is 5.92 Å². The van der Waals surface area contributed by atoms with Crippen molar-refractivity contribution in [1.82, 2.24) is 0 Å². The van der Waals surface area contributed by atoms with Gasteiger partial charge in [-0.05, 0) is 70.4 Å². The van der Waals surface area contributed by atoms with Gasteiger partial charge >= 0.3 is 0 Å². The Morgan fingerprint density at radius 3 is 2.13 bits per heavy atom. The molecule has 0 fully saturated rings. The SMILES string of the molecule is CC(C)COc1ccc(C(=O)Nc2cccc(C(=O)Nc3ccccc3)c2)cc1Br. The van der Waals surface area contributed by atoms with Crippen LogP contribution in [0, 0.1) is 5.92 Å². The Labute approximate surface area is 184 Å². The van der Waals surface area contributed by atoms with E-state index in [0.717, 1.165) is 0 Å². The van der Waals surface area contributed by atoms with E-state index in [1.54, 1.807) is 42.5 Å².